The average Bonchev–Trinajstić information content (AvgIpc) is 2.52. The van der Waals surface area contributed by atoms with Gasteiger partial charge in [0.1, 0.15) is 5.69 Å². The van der Waals surface area contributed by atoms with Crippen LogP contribution in [0.2, 0.25) is 0 Å². The van der Waals surface area contributed by atoms with Crippen LogP contribution in [0.3, 0.4) is 0 Å². The van der Waals surface area contributed by atoms with E-state index in [0.717, 1.165) is 0 Å². The standard InChI is InChI=1S/C10H14BrF3N2O/c1-7(2)17-6-9-8(11)5-16(15-9)4-3-10(12,13)14/h5,7H,3-4,6H2,1-2H3. The second kappa shape index (κ2) is 5.86. The van der Waals surface area contributed by atoms with Crippen molar-refractivity contribution in [2.45, 2.75) is 45.7 Å². The Hall–Kier alpha value is -0.560. The van der Waals surface area contributed by atoms with Crippen molar-refractivity contribution in [2.75, 3.05) is 0 Å². The molecule has 0 aliphatic carbocycles. The predicted octanol–water partition coefficient (Wildman–Crippen LogP) is 3.52. The molecule has 98 valence electrons. The summed E-state index contributed by atoms with van der Waals surface area (Å²) in [4.78, 5) is 0. The molecule has 17 heavy (non-hydrogen) atoms. The van der Waals surface area contributed by atoms with Crippen molar-refractivity contribution >= 4 is 15.9 Å². The van der Waals surface area contributed by atoms with Crippen molar-refractivity contribution < 1.29 is 17.9 Å². The normalized spacial score (nSPS) is 12.4. The maximum Gasteiger partial charge on any atom is 0.390 e. The average molecular weight is 315 g/mol. The van der Waals surface area contributed by atoms with Crippen molar-refractivity contribution in [3.8, 4) is 0 Å². The molecular weight excluding hydrogens is 301 g/mol. The summed E-state index contributed by atoms with van der Waals surface area (Å²) in [6.07, 6.45) is -3.45. The van der Waals surface area contributed by atoms with Gasteiger partial charge in [-0.1, -0.05) is 0 Å². The number of hydrogen-bond donors (Lipinski definition) is 0. The predicted molar refractivity (Wildman–Crippen MR) is 60.5 cm³/mol. The number of aryl methyl sites for hydroxylation is 1. The van der Waals surface area contributed by atoms with Crippen LogP contribution in [-0.4, -0.2) is 22.1 Å². The first kappa shape index (κ1) is 14.5. The van der Waals surface area contributed by atoms with Crippen LogP contribution < -0.4 is 0 Å². The van der Waals surface area contributed by atoms with Crippen molar-refractivity contribution in [3.63, 3.8) is 0 Å². The summed E-state index contributed by atoms with van der Waals surface area (Å²) in [5, 5.41) is 4.03. The molecule has 0 N–H and O–H groups in total. The molecule has 0 radical (unpaired) electrons. The van der Waals surface area contributed by atoms with Gasteiger partial charge in [0, 0.05) is 12.7 Å². The Bertz CT molecular complexity index is 363. The van der Waals surface area contributed by atoms with E-state index in [2.05, 4.69) is 21.0 Å². The van der Waals surface area contributed by atoms with Crippen LogP contribution in [0.15, 0.2) is 10.7 Å². The van der Waals surface area contributed by atoms with Crippen LogP contribution in [0.1, 0.15) is 26.0 Å². The summed E-state index contributed by atoms with van der Waals surface area (Å²) in [6, 6.07) is 0. The molecule has 0 saturated heterocycles. The van der Waals surface area contributed by atoms with Gasteiger partial charge in [0.2, 0.25) is 0 Å². The minimum absolute atomic E-state index is 0.0576. The van der Waals surface area contributed by atoms with E-state index in [-0.39, 0.29) is 19.3 Å². The van der Waals surface area contributed by atoms with Gasteiger partial charge in [0.15, 0.2) is 0 Å². The van der Waals surface area contributed by atoms with Gasteiger partial charge < -0.3 is 4.74 Å². The molecule has 1 aromatic heterocycles. The molecule has 0 fully saturated rings. The largest absolute Gasteiger partial charge is 0.390 e. The summed E-state index contributed by atoms with van der Waals surface area (Å²) in [5.74, 6) is 0. The van der Waals surface area contributed by atoms with E-state index in [0.29, 0.717) is 10.2 Å². The van der Waals surface area contributed by atoms with E-state index in [1.165, 1.54) is 10.9 Å². The second-order valence-corrected chi connectivity index (χ2v) is 4.77. The van der Waals surface area contributed by atoms with E-state index in [9.17, 15) is 13.2 Å². The van der Waals surface area contributed by atoms with Gasteiger partial charge in [-0.25, -0.2) is 0 Å². The van der Waals surface area contributed by atoms with Gasteiger partial charge in [-0.05, 0) is 29.8 Å². The molecule has 1 rings (SSSR count). The number of halogens is 4. The summed E-state index contributed by atoms with van der Waals surface area (Å²) in [7, 11) is 0. The van der Waals surface area contributed by atoms with E-state index in [4.69, 9.17) is 4.74 Å². The topological polar surface area (TPSA) is 27.1 Å². The first-order valence-corrected chi connectivity index (χ1v) is 5.97. The highest BCUT2D eigenvalue weighted by Gasteiger charge is 2.27. The number of ether oxygens (including phenoxy) is 1. The highest BCUT2D eigenvalue weighted by atomic mass is 79.9. The highest BCUT2D eigenvalue weighted by Crippen LogP contribution is 2.22. The minimum atomic E-state index is -4.16. The molecule has 7 heteroatoms. The van der Waals surface area contributed by atoms with Gasteiger partial charge in [-0.15, -0.1) is 0 Å². The Morgan fingerprint density at radius 2 is 2.12 bits per heavy atom. The smallest absolute Gasteiger partial charge is 0.372 e. The van der Waals surface area contributed by atoms with Crippen molar-refractivity contribution in [2.24, 2.45) is 0 Å². The monoisotopic (exact) mass is 314 g/mol. The van der Waals surface area contributed by atoms with Gasteiger partial charge in [-0.2, -0.15) is 18.3 Å². The number of hydrogen-bond acceptors (Lipinski definition) is 2. The molecule has 0 atom stereocenters. The third kappa shape index (κ3) is 5.54. The summed E-state index contributed by atoms with van der Waals surface area (Å²) in [5.41, 5.74) is 0.612. The fourth-order valence-electron chi connectivity index (χ4n) is 1.14. The number of aromatic nitrogens is 2. The maximum atomic E-state index is 12.0. The first-order valence-electron chi connectivity index (χ1n) is 5.18. The summed E-state index contributed by atoms with van der Waals surface area (Å²) < 4.78 is 43.4. The van der Waals surface area contributed by atoms with Crippen molar-refractivity contribution in [1.82, 2.24) is 9.78 Å². The van der Waals surface area contributed by atoms with Gasteiger partial charge in [-0.3, -0.25) is 4.68 Å². The van der Waals surface area contributed by atoms with Gasteiger partial charge >= 0.3 is 6.18 Å². The van der Waals surface area contributed by atoms with Crippen LogP contribution >= 0.6 is 15.9 Å². The Kier molecular flexibility index (Phi) is 5.00. The SMILES string of the molecule is CC(C)OCc1nn(CCC(F)(F)F)cc1Br. The van der Waals surface area contributed by atoms with Gasteiger partial charge in [0.25, 0.3) is 0 Å². The zero-order valence-corrected chi connectivity index (χ0v) is 11.2. The van der Waals surface area contributed by atoms with E-state index in [1.54, 1.807) is 0 Å². The lowest BCUT2D eigenvalue weighted by Gasteiger charge is -2.06. The number of rotatable bonds is 5. The summed E-state index contributed by atoms with van der Waals surface area (Å²) >= 11 is 3.24. The van der Waals surface area contributed by atoms with Crippen molar-refractivity contribution in [1.29, 1.82) is 0 Å². The van der Waals surface area contributed by atoms with Crippen LogP contribution in [0.25, 0.3) is 0 Å². The molecule has 0 spiro atoms. The fraction of sp³-hybridized carbons (Fsp3) is 0.700. The second-order valence-electron chi connectivity index (χ2n) is 3.91. The molecule has 0 unspecified atom stereocenters. The molecular formula is C10H14BrF3N2O. The van der Waals surface area contributed by atoms with Crippen LogP contribution in [0.4, 0.5) is 13.2 Å². The molecule has 0 amide bonds. The third-order valence-corrected chi connectivity index (χ3v) is 2.63. The van der Waals surface area contributed by atoms with Gasteiger partial charge in [0.05, 0.1) is 23.6 Å². The molecule has 0 aliphatic rings. The van der Waals surface area contributed by atoms with E-state index < -0.39 is 12.6 Å². The Morgan fingerprint density at radius 1 is 1.47 bits per heavy atom. The molecule has 0 bridgehead atoms. The van der Waals surface area contributed by atoms with Crippen molar-refractivity contribution in [3.05, 3.63) is 16.4 Å². The van der Waals surface area contributed by atoms with E-state index >= 15 is 0 Å². The highest BCUT2D eigenvalue weighted by molar-refractivity contribution is 9.10. The molecule has 0 aliphatic heterocycles. The lowest BCUT2D eigenvalue weighted by Crippen LogP contribution is -2.12. The Morgan fingerprint density at radius 3 is 2.65 bits per heavy atom. The third-order valence-electron chi connectivity index (χ3n) is 1.96. The molecule has 0 aromatic carbocycles. The Labute approximate surface area is 106 Å². The fourth-order valence-corrected chi connectivity index (χ4v) is 1.57. The lowest BCUT2D eigenvalue weighted by molar-refractivity contribution is -0.137. The molecule has 1 heterocycles. The van der Waals surface area contributed by atoms with Crippen LogP contribution in [0.5, 0.6) is 0 Å². The van der Waals surface area contributed by atoms with E-state index in [1.807, 2.05) is 13.8 Å². The number of alkyl halides is 3. The first-order chi connectivity index (χ1) is 7.78. The Balaban J connectivity index is 2.55. The quantitative estimate of drug-likeness (QED) is 0.831. The van der Waals surface area contributed by atoms with Crippen LogP contribution in [-0.2, 0) is 17.9 Å². The molecule has 0 saturated carbocycles. The minimum Gasteiger partial charge on any atom is -0.372 e. The zero-order chi connectivity index (χ0) is 13.1. The van der Waals surface area contributed by atoms with Crippen LogP contribution in [0, 0.1) is 0 Å². The lowest BCUT2D eigenvalue weighted by atomic mass is 10.4. The number of nitrogens with zero attached hydrogens (tertiary/aromatic N) is 2. The zero-order valence-electron chi connectivity index (χ0n) is 9.59. The molecule has 1 aromatic rings. The maximum absolute atomic E-state index is 12.0. The molecule has 3 nitrogen and oxygen atoms in total. The summed E-state index contributed by atoms with van der Waals surface area (Å²) in [6.45, 7) is 3.88.